The van der Waals surface area contributed by atoms with Gasteiger partial charge in [-0.2, -0.15) is 0 Å². The van der Waals surface area contributed by atoms with Gasteiger partial charge in [0.05, 0.1) is 18.9 Å². The highest BCUT2D eigenvalue weighted by Crippen LogP contribution is 2.29. The molecule has 0 saturated carbocycles. The molecular formula is C21H25FN4O2. The minimum absolute atomic E-state index is 0.258. The summed E-state index contributed by atoms with van der Waals surface area (Å²) in [6, 6.07) is 10.3. The Labute approximate surface area is 163 Å². The largest absolute Gasteiger partial charge is 0.494 e. The molecule has 2 aromatic carbocycles. The van der Waals surface area contributed by atoms with Crippen molar-refractivity contribution in [1.29, 1.82) is 0 Å². The number of benzene rings is 2. The first-order valence-corrected chi connectivity index (χ1v) is 9.32. The SMILES string of the molecule is CCOc1ccc(OCC)c(NC(N)=NCCc2c[nH]c3cc(F)ccc23)c1. The number of nitrogens with zero attached hydrogens (tertiary/aromatic N) is 1. The molecule has 1 heterocycles. The molecule has 28 heavy (non-hydrogen) atoms. The van der Waals surface area contributed by atoms with Crippen molar-refractivity contribution in [3.05, 3.63) is 54.0 Å². The van der Waals surface area contributed by atoms with Crippen molar-refractivity contribution in [3.8, 4) is 11.5 Å². The van der Waals surface area contributed by atoms with Crippen molar-refractivity contribution < 1.29 is 13.9 Å². The number of anilines is 1. The maximum atomic E-state index is 13.3. The summed E-state index contributed by atoms with van der Waals surface area (Å²) in [5, 5.41) is 4.08. The average Bonchev–Trinajstić information content (AvgIpc) is 3.06. The van der Waals surface area contributed by atoms with E-state index in [1.54, 1.807) is 6.07 Å². The number of nitrogens with one attached hydrogen (secondary N) is 2. The topological polar surface area (TPSA) is 84.7 Å². The molecule has 0 aliphatic heterocycles. The molecule has 3 rings (SSSR count). The summed E-state index contributed by atoms with van der Waals surface area (Å²) >= 11 is 0. The van der Waals surface area contributed by atoms with E-state index in [0.29, 0.717) is 43.6 Å². The van der Waals surface area contributed by atoms with Gasteiger partial charge in [0, 0.05) is 29.7 Å². The third-order valence-corrected chi connectivity index (χ3v) is 4.22. The van der Waals surface area contributed by atoms with Crippen molar-refractivity contribution in [2.75, 3.05) is 25.1 Å². The summed E-state index contributed by atoms with van der Waals surface area (Å²) in [7, 11) is 0. The van der Waals surface area contributed by atoms with Gasteiger partial charge in [0.2, 0.25) is 0 Å². The summed E-state index contributed by atoms with van der Waals surface area (Å²) in [6.07, 6.45) is 2.56. The number of hydrogen-bond donors (Lipinski definition) is 3. The Bertz CT molecular complexity index is 968. The fourth-order valence-electron chi connectivity index (χ4n) is 2.98. The predicted octanol–water partition coefficient (Wildman–Crippen LogP) is 4.07. The lowest BCUT2D eigenvalue weighted by atomic mass is 10.1. The lowest BCUT2D eigenvalue weighted by Crippen LogP contribution is -2.23. The van der Waals surface area contributed by atoms with Crippen LogP contribution in [0.15, 0.2) is 47.6 Å². The number of fused-ring (bicyclic) bond motifs is 1. The number of aliphatic imine (C=N–C) groups is 1. The number of rotatable bonds is 8. The van der Waals surface area contributed by atoms with Crippen LogP contribution in [0.2, 0.25) is 0 Å². The second-order valence-corrected chi connectivity index (χ2v) is 6.17. The molecule has 0 atom stereocenters. The molecule has 1 aromatic heterocycles. The second kappa shape index (κ2) is 9.12. The Morgan fingerprint density at radius 1 is 1.14 bits per heavy atom. The number of halogens is 1. The summed E-state index contributed by atoms with van der Waals surface area (Å²) in [5.41, 5.74) is 8.60. The molecule has 6 nitrogen and oxygen atoms in total. The van der Waals surface area contributed by atoms with Gasteiger partial charge in [0.1, 0.15) is 17.3 Å². The molecule has 0 amide bonds. The minimum Gasteiger partial charge on any atom is -0.494 e. The van der Waals surface area contributed by atoms with Gasteiger partial charge in [0.15, 0.2) is 5.96 Å². The van der Waals surface area contributed by atoms with Crippen LogP contribution in [-0.4, -0.2) is 30.7 Å². The zero-order valence-corrected chi connectivity index (χ0v) is 16.1. The first-order chi connectivity index (χ1) is 13.6. The number of hydrogen-bond acceptors (Lipinski definition) is 3. The highest BCUT2D eigenvalue weighted by Gasteiger charge is 2.08. The number of nitrogens with two attached hydrogens (primary N) is 1. The molecule has 4 N–H and O–H groups in total. The van der Waals surface area contributed by atoms with Crippen LogP contribution >= 0.6 is 0 Å². The third kappa shape index (κ3) is 4.73. The van der Waals surface area contributed by atoms with Crippen LogP contribution < -0.4 is 20.5 Å². The molecule has 0 saturated heterocycles. The molecule has 0 aliphatic carbocycles. The van der Waals surface area contributed by atoms with Crippen molar-refractivity contribution in [1.82, 2.24) is 4.98 Å². The molecule has 148 valence electrons. The third-order valence-electron chi connectivity index (χ3n) is 4.22. The maximum Gasteiger partial charge on any atom is 0.193 e. The number of H-pyrrole nitrogens is 1. The van der Waals surface area contributed by atoms with Crippen LogP contribution in [0.25, 0.3) is 10.9 Å². The molecule has 0 unspecified atom stereocenters. The smallest absolute Gasteiger partial charge is 0.193 e. The summed E-state index contributed by atoms with van der Waals surface area (Å²) in [4.78, 5) is 7.48. The van der Waals surface area contributed by atoms with Gasteiger partial charge in [0.25, 0.3) is 0 Å². The van der Waals surface area contributed by atoms with Gasteiger partial charge < -0.3 is 25.5 Å². The fourth-order valence-corrected chi connectivity index (χ4v) is 2.98. The van der Waals surface area contributed by atoms with E-state index in [9.17, 15) is 4.39 Å². The molecule has 0 fully saturated rings. The van der Waals surface area contributed by atoms with Gasteiger partial charge in [-0.3, -0.25) is 4.99 Å². The first-order valence-electron chi connectivity index (χ1n) is 9.32. The standard InChI is InChI=1S/C21H25FN4O2/c1-3-27-16-6-8-20(28-4-2)19(12-16)26-21(23)24-10-9-14-13-25-18-11-15(22)5-7-17(14)18/h5-8,11-13,25H,3-4,9-10H2,1-2H3,(H3,23,24,26). The van der Waals surface area contributed by atoms with Crippen molar-refractivity contribution >= 4 is 22.5 Å². The molecule has 0 bridgehead atoms. The molecule has 0 radical (unpaired) electrons. The lowest BCUT2D eigenvalue weighted by molar-refractivity contribution is 0.332. The number of aromatic nitrogens is 1. The Morgan fingerprint density at radius 2 is 1.96 bits per heavy atom. The van der Waals surface area contributed by atoms with Gasteiger partial charge in [-0.05, 0) is 56.2 Å². The van der Waals surface area contributed by atoms with E-state index < -0.39 is 0 Å². The zero-order chi connectivity index (χ0) is 19.9. The maximum absolute atomic E-state index is 13.3. The van der Waals surface area contributed by atoms with E-state index in [-0.39, 0.29) is 5.82 Å². The van der Waals surface area contributed by atoms with Gasteiger partial charge in [-0.1, -0.05) is 0 Å². The Balaban J connectivity index is 1.67. The molecule has 7 heteroatoms. The van der Waals surface area contributed by atoms with E-state index >= 15 is 0 Å². The average molecular weight is 384 g/mol. The number of guanidine groups is 1. The zero-order valence-electron chi connectivity index (χ0n) is 16.1. The van der Waals surface area contributed by atoms with E-state index in [1.165, 1.54) is 12.1 Å². The Morgan fingerprint density at radius 3 is 2.75 bits per heavy atom. The van der Waals surface area contributed by atoms with Crippen LogP contribution in [0, 0.1) is 5.82 Å². The van der Waals surface area contributed by atoms with Crippen LogP contribution in [0.4, 0.5) is 10.1 Å². The highest BCUT2D eigenvalue weighted by atomic mass is 19.1. The van der Waals surface area contributed by atoms with Crippen LogP contribution in [0.1, 0.15) is 19.4 Å². The molecule has 0 aliphatic rings. The van der Waals surface area contributed by atoms with Crippen molar-refractivity contribution in [2.45, 2.75) is 20.3 Å². The van der Waals surface area contributed by atoms with E-state index in [0.717, 1.165) is 22.2 Å². The minimum atomic E-state index is -0.258. The summed E-state index contributed by atoms with van der Waals surface area (Å²) in [6.45, 7) is 5.47. The van der Waals surface area contributed by atoms with Gasteiger partial charge in [-0.15, -0.1) is 0 Å². The first kappa shape index (κ1) is 19.5. The van der Waals surface area contributed by atoms with Gasteiger partial charge >= 0.3 is 0 Å². The predicted molar refractivity (Wildman–Crippen MR) is 111 cm³/mol. The van der Waals surface area contributed by atoms with Crippen LogP contribution in [0.5, 0.6) is 11.5 Å². The van der Waals surface area contributed by atoms with E-state index in [1.807, 2.05) is 38.2 Å². The highest BCUT2D eigenvalue weighted by molar-refractivity contribution is 5.94. The number of aromatic amines is 1. The fraction of sp³-hybridized carbons (Fsp3) is 0.286. The molecular weight excluding hydrogens is 359 g/mol. The number of ether oxygens (including phenoxy) is 2. The van der Waals surface area contributed by atoms with E-state index in [4.69, 9.17) is 15.2 Å². The Hall–Kier alpha value is -3.22. The summed E-state index contributed by atoms with van der Waals surface area (Å²) < 4.78 is 24.5. The van der Waals surface area contributed by atoms with Crippen LogP contribution in [0.3, 0.4) is 0 Å². The monoisotopic (exact) mass is 384 g/mol. The quantitative estimate of drug-likeness (QED) is 0.404. The van der Waals surface area contributed by atoms with Gasteiger partial charge in [-0.25, -0.2) is 4.39 Å². The normalized spacial score (nSPS) is 11.6. The van der Waals surface area contributed by atoms with E-state index in [2.05, 4.69) is 15.3 Å². The molecule has 3 aromatic rings. The van der Waals surface area contributed by atoms with Crippen molar-refractivity contribution in [3.63, 3.8) is 0 Å². The lowest BCUT2D eigenvalue weighted by Gasteiger charge is -2.14. The summed E-state index contributed by atoms with van der Waals surface area (Å²) in [5.74, 6) is 1.45. The van der Waals surface area contributed by atoms with Crippen molar-refractivity contribution in [2.24, 2.45) is 10.7 Å². The second-order valence-electron chi connectivity index (χ2n) is 6.17. The Kier molecular flexibility index (Phi) is 6.37. The molecule has 0 spiro atoms. The van der Waals surface area contributed by atoms with Crippen LogP contribution in [-0.2, 0) is 6.42 Å².